The Morgan fingerprint density at radius 1 is 1.33 bits per heavy atom. The highest BCUT2D eigenvalue weighted by Gasteiger charge is 2.32. The second-order valence-electron chi connectivity index (χ2n) is 6.69. The zero-order valence-corrected chi connectivity index (χ0v) is 13.3. The predicted molar refractivity (Wildman–Crippen MR) is 81.1 cm³/mol. The van der Waals surface area contributed by atoms with Crippen LogP contribution in [0.25, 0.3) is 0 Å². The van der Waals surface area contributed by atoms with Crippen LogP contribution in [0.3, 0.4) is 0 Å². The van der Waals surface area contributed by atoms with E-state index in [2.05, 4.69) is 17.8 Å². The first-order valence-corrected chi connectivity index (χ1v) is 7.26. The quantitative estimate of drug-likeness (QED) is 0.732. The van der Waals surface area contributed by atoms with Crippen LogP contribution >= 0.6 is 0 Å². The molecule has 1 aliphatic rings. The van der Waals surface area contributed by atoms with Crippen molar-refractivity contribution >= 4 is 6.09 Å². The van der Waals surface area contributed by atoms with E-state index >= 15 is 0 Å². The molecule has 1 aromatic rings. The third-order valence-corrected chi connectivity index (χ3v) is 3.66. The molecule has 21 heavy (non-hydrogen) atoms. The van der Waals surface area contributed by atoms with Crippen LogP contribution in [0.2, 0.25) is 0 Å². The molecule has 0 fully saturated rings. The minimum Gasteiger partial charge on any atom is -0.508 e. The number of hydrazine groups is 1. The van der Waals surface area contributed by atoms with Gasteiger partial charge in [-0.1, -0.05) is 13.0 Å². The van der Waals surface area contributed by atoms with Crippen LogP contribution in [0.5, 0.6) is 5.75 Å². The first-order chi connectivity index (χ1) is 9.69. The predicted octanol–water partition coefficient (Wildman–Crippen LogP) is 3.28. The van der Waals surface area contributed by atoms with Crippen LogP contribution in [-0.4, -0.2) is 16.8 Å². The second kappa shape index (κ2) is 5.56. The van der Waals surface area contributed by atoms with Gasteiger partial charge in [-0.15, -0.1) is 0 Å². The van der Waals surface area contributed by atoms with E-state index < -0.39 is 11.7 Å². The summed E-state index contributed by atoms with van der Waals surface area (Å²) < 4.78 is 5.19. The summed E-state index contributed by atoms with van der Waals surface area (Å²) in [6, 6.07) is 3.52. The molecule has 0 saturated carbocycles. The molecular weight excluding hydrogens is 268 g/mol. The number of amides is 1. The van der Waals surface area contributed by atoms with Crippen LogP contribution in [0, 0.1) is 6.92 Å². The molecule has 2 atom stereocenters. The fourth-order valence-corrected chi connectivity index (χ4v) is 2.92. The SMILES string of the molecule is Cc1ccc(O)c2c1C(C)CC2NNC(=O)OC(C)(C)C. The van der Waals surface area contributed by atoms with Gasteiger partial charge in [0, 0.05) is 5.56 Å². The van der Waals surface area contributed by atoms with Crippen molar-refractivity contribution in [1.29, 1.82) is 0 Å². The molecule has 1 aromatic carbocycles. The molecule has 3 N–H and O–H groups in total. The zero-order valence-electron chi connectivity index (χ0n) is 13.3. The Morgan fingerprint density at radius 2 is 2.00 bits per heavy atom. The lowest BCUT2D eigenvalue weighted by atomic mass is 9.97. The van der Waals surface area contributed by atoms with E-state index in [1.165, 1.54) is 5.56 Å². The van der Waals surface area contributed by atoms with Crippen molar-refractivity contribution in [2.75, 3.05) is 0 Å². The Kier molecular flexibility index (Phi) is 4.14. The summed E-state index contributed by atoms with van der Waals surface area (Å²) in [6.07, 6.45) is 0.305. The average molecular weight is 292 g/mol. The highest BCUT2D eigenvalue weighted by molar-refractivity contribution is 5.67. The van der Waals surface area contributed by atoms with Gasteiger partial charge in [-0.25, -0.2) is 10.2 Å². The smallest absolute Gasteiger partial charge is 0.422 e. The first kappa shape index (κ1) is 15.6. The molecular formula is C16H24N2O3. The number of rotatable bonds is 2. The molecule has 116 valence electrons. The molecule has 1 aliphatic carbocycles. The molecule has 0 spiro atoms. The van der Waals surface area contributed by atoms with Crippen LogP contribution in [-0.2, 0) is 4.74 Å². The number of aromatic hydroxyl groups is 1. The number of carbonyl (C=O) groups is 1. The van der Waals surface area contributed by atoms with Crippen molar-refractivity contribution < 1.29 is 14.6 Å². The van der Waals surface area contributed by atoms with E-state index in [0.717, 1.165) is 17.5 Å². The maximum atomic E-state index is 11.7. The van der Waals surface area contributed by atoms with Crippen molar-refractivity contribution in [3.05, 3.63) is 28.8 Å². The Balaban J connectivity index is 2.09. The summed E-state index contributed by atoms with van der Waals surface area (Å²) in [5.74, 6) is 0.605. The number of nitrogens with one attached hydrogen (secondary N) is 2. The van der Waals surface area contributed by atoms with Crippen molar-refractivity contribution in [2.45, 2.75) is 58.6 Å². The molecule has 0 saturated heterocycles. The summed E-state index contributed by atoms with van der Waals surface area (Å²) in [7, 11) is 0. The lowest BCUT2D eigenvalue weighted by Crippen LogP contribution is -2.42. The number of phenols is 1. The van der Waals surface area contributed by atoms with Gasteiger partial charge in [0.25, 0.3) is 0 Å². The maximum absolute atomic E-state index is 11.7. The third kappa shape index (κ3) is 3.47. The number of phenolic OH excluding ortho intramolecular Hbond substituents is 1. The molecule has 5 heteroatoms. The van der Waals surface area contributed by atoms with Crippen LogP contribution in [0.4, 0.5) is 4.79 Å². The normalized spacial score (nSPS) is 21.0. The van der Waals surface area contributed by atoms with Crippen LogP contribution in [0.15, 0.2) is 12.1 Å². The molecule has 0 aromatic heterocycles. The van der Waals surface area contributed by atoms with Gasteiger partial charge in [-0.2, -0.15) is 0 Å². The Bertz CT molecular complexity index is 549. The van der Waals surface area contributed by atoms with Crippen molar-refractivity contribution in [3.8, 4) is 5.75 Å². The lowest BCUT2D eigenvalue weighted by molar-refractivity contribution is 0.0486. The number of benzene rings is 1. The van der Waals surface area contributed by atoms with Gasteiger partial charge in [0.05, 0.1) is 6.04 Å². The van der Waals surface area contributed by atoms with E-state index in [1.807, 2.05) is 33.8 Å². The fraction of sp³-hybridized carbons (Fsp3) is 0.562. The zero-order chi connectivity index (χ0) is 15.8. The van der Waals surface area contributed by atoms with E-state index in [9.17, 15) is 9.90 Å². The molecule has 2 unspecified atom stereocenters. The van der Waals surface area contributed by atoms with E-state index in [0.29, 0.717) is 5.92 Å². The lowest BCUT2D eigenvalue weighted by Gasteiger charge is -2.22. The van der Waals surface area contributed by atoms with Gasteiger partial charge in [0.15, 0.2) is 0 Å². The largest absolute Gasteiger partial charge is 0.508 e. The minimum absolute atomic E-state index is 0.109. The number of hydrogen-bond acceptors (Lipinski definition) is 4. The number of aryl methyl sites for hydroxylation is 1. The first-order valence-electron chi connectivity index (χ1n) is 7.26. The summed E-state index contributed by atoms with van der Waals surface area (Å²) in [4.78, 5) is 11.7. The third-order valence-electron chi connectivity index (χ3n) is 3.66. The summed E-state index contributed by atoms with van der Waals surface area (Å²) in [5, 5.41) is 10.1. The van der Waals surface area contributed by atoms with Crippen LogP contribution in [0.1, 0.15) is 62.8 Å². The van der Waals surface area contributed by atoms with Gasteiger partial charge >= 0.3 is 6.09 Å². The standard InChI is InChI=1S/C16H24N2O3/c1-9-6-7-12(19)14-11(8-10(2)13(9)14)17-18-15(20)21-16(3,4)5/h6-7,10-11,17,19H,8H2,1-5H3,(H,18,20). The number of hydrogen-bond donors (Lipinski definition) is 3. The summed E-state index contributed by atoms with van der Waals surface area (Å²) in [5.41, 5.74) is 8.21. The molecule has 0 heterocycles. The van der Waals surface area contributed by atoms with Gasteiger partial charge in [-0.3, -0.25) is 5.43 Å². The molecule has 5 nitrogen and oxygen atoms in total. The van der Waals surface area contributed by atoms with Crippen molar-refractivity contribution in [1.82, 2.24) is 10.9 Å². The van der Waals surface area contributed by atoms with Crippen LogP contribution < -0.4 is 10.9 Å². The molecule has 1 amide bonds. The Labute approximate surface area is 125 Å². The highest BCUT2D eigenvalue weighted by atomic mass is 16.6. The monoisotopic (exact) mass is 292 g/mol. The van der Waals surface area contributed by atoms with E-state index in [1.54, 1.807) is 6.07 Å². The van der Waals surface area contributed by atoms with Gasteiger partial charge in [0.2, 0.25) is 0 Å². The maximum Gasteiger partial charge on any atom is 0.422 e. The van der Waals surface area contributed by atoms with Crippen molar-refractivity contribution in [2.24, 2.45) is 0 Å². The minimum atomic E-state index is -0.536. The van der Waals surface area contributed by atoms with Gasteiger partial charge in [0.1, 0.15) is 11.4 Å². The van der Waals surface area contributed by atoms with E-state index in [-0.39, 0.29) is 11.8 Å². The van der Waals surface area contributed by atoms with Gasteiger partial charge < -0.3 is 9.84 Å². The summed E-state index contributed by atoms with van der Waals surface area (Å²) >= 11 is 0. The number of ether oxygens (including phenoxy) is 1. The number of fused-ring (bicyclic) bond motifs is 1. The van der Waals surface area contributed by atoms with Crippen molar-refractivity contribution in [3.63, 3.8) is 0 Å². The molecule has 0 aliphatic heterocycles. The summed E-state index contributed by atoms with van der Waals surface area (Å²) in [6.45, 7) is 9.61. The molecule has 2 rings (SSSR count). The fourth-order valence-electron chi connectivity index (χ4n) is 2.92. The molecule has 0 radical (unpaired) electrons. The van der Waals surface area contributed by atoms with E-state index in [4.69, 9.17) is 4.74 Å². The molecule has 0 bridgehead atoms. The number of carbonyl (C=O) groups excluding carboxylic acids is 1. The van der Waals surface area contributed by atoms with Gasteiger partial charge in [-0.05, 0) is 57.2 Å². The average Bonchev–Trinajstić information content (AvgIpc) is 2.68. The topological polar surface area (TPSA) is 70.6 Å². The Hall–Kier alpha value is -1.75. The Morgan fingerprint density at radius 3 is 2.62 bits per heavy atom. The highest BCUT2D eigenvalue weighted by Crippen LogP contribution is 2.45. The second-order valence-corrected chi connectivity index (χ2v) is 6.69.